The highest BCUT2D eigenvalue weighted by molar-refractivity contribution is 7.92. The molecule has 0 bridgehead atoms. The van der Waals surface area contributed by atoms with Crippen molar-refractivity contribution in [3.05, 3.63) is 23.8 Å². The molecule has 0 unspecified atom stereocenters. The molecule has 0 saturated carbocycles. The van der Waals surface area contributed by atoms with E-state index < -0.39 is 10.0 Å². The fraction of sp³-hybridized carbons (Fsp3) is 0.571. The number of hydrogen-bond donors (Lipinski definition) is 1. The Labute approximate surface area is 120 Å². The first-order valence-corrected chi connectivity index (χ1v) is 8.45. The molecule has 0 aliphatic carbocycles. The summed E-state index contributed by atoms with van der Waals surface area (Å²) in [4.78, 5) is 0. The maximum absolute atomic E-state index is 12.4. The average Bonchev–Trinajstić information content (AvgIpc) is 2.37. The lowest BCUT2D eigenvalue weighted by Gasteiger charge is -2.31. The smallest absolute Gasteiger partial charge is 0.237 e. The number of aryl methyl sites for hydroxylation is 1. The van der Waals surface area contributed by atoms with E-state index in [1.807, 2.05) is 19.9 Å². The highest BCUT2D eigenvalue weighted by Crippen LogP contribution is 2.37. The molecule has 1 aromatic rings. The number of phenols is 1. The van der Waals surface area contributed by atoms with E-state index in [2.05, 4.69) is 0 Å². The summed E-state index contributed by atoms with van der Waals surface area (Å²) in [5.74, 6) is -0.0468. The number of ether oxygens (including phenoxy) is 1. The lowest BCUT2D eigenvalue weighted by Crippen LogP contribution is -2.38. The molecule has 0 radical (unpaired) electrons. The van der Waals surface area contributed by atoms with E-state index >= 15 is 0 Å². The lowest BCUT2D eigenvalue weighted by molar-refractivity contribution is 0.0912. The van der Waals surface area contributed by atoms with Crippen LogP contribution in [0.25, 0.3) is 0 Å². The molecule has 0 aromatic heterocycles. The largest absolute Gasteiger partial charge is 0.506 e. The van der Waals surface area contributed by atoms with E-state index in [4.69, 9.17) is 4.74 Å². The SMILES string of the molecule is CC(C)OCCS(=O)(=O)N1CCCc2cccc(O)c21. The molecule has 1 N–H and O–H groups in total. The molecule has 20 heavy (non-hydrogen) atoms. The Morgan fingerprint density at radius 1 is 1.40 bits per heavy atom. The van der Waals surface area contributed by atoms with Gasteiger partial charge < -0.3 is 9.84 Å². The van der Waals surface area contributed by atoms with Gasteiger partial charge in [-0.1, -0.05) is 12.1 Å². The van der Waals surface area contributed by atoms with E-state index in [-0.39, 0.29) is 24.2 Å². The molecule has 112 valence electrons. The van der Waals surface area contributed by atoms with Crippen LogP contribution in [0.15, 0.2) is 18.2 Å². The highest BCUT2D eigenvalue weighted by Gasteiger charge is 2.29. The van der Waals surface area contributed by atoms with Gasteiger partial charge in [0.1, 0.15) is 5.75 Å². The van der Waals surface area contributed by atoms with Gasteiger partial charge in [-0.2, -0.15) is 0 Å². The molecule has 0 atom stereocenters. The second-order valence-corrected chi connectivity index (χ2v) is 7.21. The van der Waals surface area contributed by atoms with E-state index in [1.54, 1.807) is 6.07 Å². The first kappa shape index (κ1) is 15.1. The molecule has 6 heteroatoms. The van der Waals surface area contributed by atoms with Crippen molar-refractivity contribution in [1.82, 2.24) is 0 Å². The van der Waals surface area contributed by atoms with E-state index in [1.165, 1.54) is 10.4 Å². The van der Waals surface area contributed by atoms with Crippen LogP contribution in [-0.2, 0) is 21.2 Å². The molecule has 0 saturated heterocycles. The number of benzene rings is 1. The minimum absolute atomic E-state index is 0.00671. The zero-order valence-corrected chi connectivity index (χ0v) is 12.7. The predicted octanol–water partition coefficient (Wildman–Crippen LogP) is 1.90. The number of sulfonamides is 1. The molecule has 1 aliphatic heterocycles. The fourth-order valence-electron chi connectivity index (χ4n) is 2.37. The van der Waals surface area contributed by atoms with Crippen LogP contribution in [0, 0.1) is 0 Å². The molecular weight excluding hydrogens is 278 g/mol. The predicted molar refractivity (Wildman–Crippen MR) is 78.6 cm³/mol. The molecule has 2 rings (SSSR count). The Kier molecular flexibility index (Phi) is 4.55. The van der Waals surface area contributed by atoms with Crippen molar-refractivity contribution in [3.63, 3.8) is 0 Å². The first-order valence-electron chi connectivity index (χ1n) is 6.84. The van der Waals surface area contributed by atoms with Crippen molar-refractivity contribution in [1.29, 1.82) is 0 Å². The number of para-hydroxylation sites is 1. The standard InChI is InChI=1S/C14H21NO4S/c1-11(2)19-9-10-20(17,18)15-8-4-6-12-5-3-7-13(16)14(12)15/h3,5,7,11,16H,4,6,8-10H2,1-2H3. The fourth-order valence-corrected chi connectivity index (χ4v) is 3.79. The first-order chi connectivity index (χ1) is 9.42. The summed E-state index contributed by atoms with van der Waals surface area (Å²) in [6.45, 7) is 4.32. The molecule has 0 fully saturated rings. The summed E-state index contributed by atoms with van der Waals surface area (Å²) in [5.41, 5.74) is 1.31. The molecule has 5 nitrogen and oxygen atoms in total. The normalized spacial score (nSPS) is 15.4. The van der Waals surface area contributed by atoms with Gasteiger partial charge in [-0.15, -0.1) is 0 Å². The van der Waals surface area contributed by atoms with Crippen LogP contribution in [0.3, 0.4) is 0 Å². The second-order valence-electron chi connectivity index (χ2n) is 5.20. The van der Waals surface area contributed by atoms with Gasteiger partial charge in [0.05, 0.1) is 24.2 Å². The number of rotatable bonds is 5. The van der Waals surface area contributed by atoms with Crippen molar-refractivity contribution in [2.75, 3.05) is 23.2 Å². The third-order valence-corrected chi connectivity index (χ3v) is 5.00. The van der Waals surface area contributed by atoms with E-state index in [9.17, 15) is 13.5 Å². The summed E-state index contributed by atoms with van der Waals surface area (Å²) in [5, 5.41) is 9.97. The highest BCUT2D eigenvalue weighted by atomic mass is 32.2. The van der Waals surface area contributed by atoms with E-state index in [0.717, 1.165) is 18.4 Å². The van der Waals surface area contributed by atoms with Crippen molar-refractivity contribution in [2.45, 2.75) is 32.8 Å². The third kappa shape index (κ3) is 3.24. The summed E-state index contributed by atoms with van der Waals surface area (Å²) < 4.78 is 31.5. The zero-order valence-electron chi connectivity index (χ0n) is 11.9. The molecule has 0 amide bonds. The monoisotopic (exact) mass is 299 g/mol. The van der Waals surface area contributed by atoms with Gasteiger partial charge in [0.2, 0.25) is 10.0 Å². The Morgan fingerprint density at radius 3 is 2.85 bits per heavy atom. The van der Waals surface area contributed by atoms with Crippen LogP contribution < -0.4 is 4.31 Å². The molecule has 1 heterocycles. The quantitative estimate of drug-likeness (QED) is 0.901. The van der Waals surface area contributed by atoms with Crippen molar-refractivity contribution < 1.29 is 18.3 Å². The number of aromatic hydroxyl groups is 1. The summed E-state index contributed by atoms with van der Waals surface area (Å²) in [6.07, 6.45) is 1.56. The second kappa shape index (κ2) is 6.01. The topological polar surface area (TPSA) is 66.8 Å². The van der Waals surface area contributed by atoms with Crippen LogP contribution in [0.2, 0.25) is 0 Å². The van der Waals surface area contributed by atoms with Crippen LogP contribution in [-0.4, -0.2) is 38.5 Å². The van der Waals surface area contributed by atoms with Gasteiger partial charge in [-0.3, -0.25) is 4.31 Å². The Morgan fingerprint density at radius 2 is 2.15 bits per heavy atom. The van der Waals surface area contributed by atoms with Crippen molar-refractivity contribution in [3.8, 4) is 5.75 Å². The number of phenolic OH excluding ortho intramolecular Hbond substituents is 1. The molecular formula is C14H21NO4S. The van der Waals surface area contributed by atoms with Gasteiger partial charge in [-0.05, 0) is 38.3 Å². The Bertz CT molecular complexity index is 569. The summed E-state index contributed by atoms with van der Waals surface area (Å²) in [7, 11) is -3.47. The Balaban J connectivity index is 2.22. The van der Waals surface area contributed by atoms with Crippen LogP contribution in [0.4, 0.5) is 5.69 Å². The zero-order chi connectivity index (χ0) is 14.8. The number of fused-ring (bicyclic) bond motifs is 1. The third-order valence-electron chi connectivity index (χ3n) is 3.28. The maximum Gasteiger partial charge on any atom is 0.237 e. The average molecular weight is 299 g/mol. The van der Waals surface area contributed by atoms with Gasteiger partial charge in [-0.25, -0.2) is 8.42 Å². The van der Waals surface area contributed by atoms with Crippen LogP contribution in [0.1, 0.15) is 25.8 Å². The van der Waals surface area contributed by atoms with Gasteiger partial charge >= 0.3 is 0 Å². The number of hydrogen-bond acceptors (Lipinski definition) is 4. The summed E-state index contributed by atoms with van der Waals surface area (Å²) in [6, 6.07) is 5.13. The lowest BCUT2D eigenvalue weighted by atomic mass is 10.0. The molecule has 1 aromatic carbocycles. The minimum Gasteiger partial charge on any atom is -0.506 e. The van der Waals surface area contributed by atoms with Crippen molar-refractivity contribution >= 4 is 15.7 Å². The molecule has 1 aliphatic rings. The minimum atomic E-state index is -3.47. The van der Waals surface area contributed by atoms with Crippen LogP contribution >= 0.6 is 0 Å². The van der Waals surface area contributed by atoms with Gasteiger partial charge in [0.25, 0.3) is 0 Å². The van der Waals surface area contributed by atoms with Gasteiger partial charge in [0, 0.05) is 6.54 Å². The summed E-state index contributed by atoms with van der Waals surface area (Å²) >= 11 is 0. The van der Waals surface area contributed by atoms with Crippen molar-refractivity contribution in [2.24, 2.45) is 0 Å². The van der Waals surface area contributed by atoms with Crippen LogP contribution in [0.5, 0.6) is 5.75 Å². The van der Waals surface area contributed by atoms with Gasteiger partial charge in [0.15, 0.2) is 0 Å². The number of anilines is 1. The molecule has 0 spiro atoms. The maximum atomic E-state index is 12.4. The number of nitrogens with zero attached hydrogens (tertiary/aromatic N) is 1. The van der Waals surface area contributed by atoms with E-state index in [0.29, 0.717) is 12.2 Å². The Hall–Kier alpha value is -1.27.